The molecule has 0 fully saturated rings. The van der Waals surface area contributed by atoms with E-state index in [1.54, 1.807) is 0 Å². The van der Waals surface area contributed by atoms with Crippen molar-refractivity contribution in [3.8, 4) is 0 Å². The van der Waals surface area contributed by atoms with Crippen LogP contribution in [0.1, 0.15) is 19.3 Å². The number of ether oxygens (including phenoxy) is 1. The van der Waals surface area contributed by atoms with Gasteiger partial charge in [0.05, 0.1) is 12.5 Å². The van der Waals surface area contributed by atoms with Crippen molar-refractivity contribution in [2.75, 3.05) is 13.2 Å². The van der Waals surface area contributed by atoms with Gasteiger partial charge in [0.2, 0.25) is 0 Å². The van der Waals surface area contributed by atoms with Crippen molar-refractivity contribution in [2.45, 2.75) is 19.3 Å². The predicted octanol–water partition coefficient (Wildman–Crippen LogP) is 1.43. The zero-order valence-electron chi connectivity index (χ0n) is 7.41. The van der Waals surface area contributed by atoms with Gasteiger partial charge in [-0.25, -0.2) is 0 Å². The molecule has 0 aromatic carbocycles. The first-order chi connectivity index (χ1) is 5.83. The van der Waals surface area contributed by atoms with Crippen LogP contribution in [0.3, 0.4) is 0 Å². The second-order valence-electron chi connectivity index (χ2n) is 1.98. The maximum absolute atomic E-state index is 8.21. The molecular formula is C9H18O3. The number of aliphatic hydroxyl groups excluding tert-OH is 2. The first kappa shape index (κ1) is 13.8. The van der Waals surface area contributed by atoms with Gasteiger partial charge in [0.1, 0.15) is 0 Å². The Morgan fingerprint density at radius 2 is 1.33 bits per heavy atom. The highest BCUT2D eigenvalue weighted by Crippen LogP contribution is 1.90. The summed E-state index contributed by atoms with van der Waals surface area (Å²) in [5.74, 6) is 0. The molecule has 12 heavy (non-hydrogen) atoms. The number of hydrogen-bond donors (Lipinski definition) is 2. The Morgan fingerprint density at radius 3 is 1.50 bits per heavy atom. The summed E-state index contributed by atoms with van der Waals surface area (Å²) in [6.45, 7) is 7.01. The average molecular weight is 174 g/mol. The van der Waals surface area contributed by atoms with Crippen molar-refractivity contribution in [1.82, 2.24) is 0 Å². The molecule has 3 heteroatoms. The van der Waals surface area contributed by atoms with E-state index in [1.807, 2.05) is 0 Å². The Hall–Kier alpha value is -0.800. The molecule has 0 aliphatic heterocycles. The fourth-order valence-corrected chi connectivity index (χ4v) is 0.468. The summed E-state index contributed by atoms with van der Waals surface area (Å²) in [5, 5.41) is 16.4. The lowest BCUT2D eigenvalue weighted by molar-refractivity contribution is 0.257. The minimum absolute atomic E-state index is 0.250. The molecule has 0 saturated heterocycles. The van der Waals surface area contributed by atoms with Crippen molar-refractivity contribution in [1.29, 1.82) is 0 Å². The lowest BCUT2D eigenvalue weighted by Gasteiger charge is -1.90. The van der Waals surface area contributed by atoms with Crippen molar-refractivity contribution < 1.29 is 14.9 Å². The molecule has 0 rings (SSSR count). The normalized spacial score (nSPS) is 7.83. The lowest BCUT2D eigenvalue weighted by atomic mass is 10.2. The summed E-state index contributed by atoms with van der Waals surface area (Å²) < 4.78 is 4.36. The molecule has 0 aromatic rings. The molecule has 2 N–H and O–H groups in total. The highest BCUT2D eigenvalue weighted by atomic mass is 16.5. The molecule has 0 unspecified atom stereocenters. The van der Waals surface area contributed by atoms with E-state index in [9.17, 15) is 0 Å². The van der Waals surface area contributed by atoms with Crippen LogP contribution in [0.2, 0.25) is 0 Å². The molecule has 0 bridgehead atoms. The van der Waals surface area contributed by atoms with E-state index in [-0.39, 0.29) is 13.2 Å². The smallest absolute Gasteiger partial charge is 0.0829 e. The standard InChI is InChI=1S/C5H12O2.C4H6O/c6-4-2-1-3-5-7;1-3-5-4-2/h6-7H,1-5H2;3-4H,1-2H2. The molecule has 0 aliphatic rings. The molecule has 0 atom stereocenters. The molecule has 0 saturated carbocycles. The third-order valence-corrected chi connectivity index (χ3v) is 1.01. The fraction of sp³-hybridized carbons (Fsp3) is 0.556. The van der Waals surface area contributed by atoms with Gasteiger partial charge in [0, 0.05) is 13.2 Å². The Kier molecular flexibility index (Phi) is 19.1. The second-order valence-corrected chi connectivity index (χ2v) is 1.98. The van der Waals surface area contributed by atoms with Crippen LogP contribution in [0.4, 0.5) is 0 Å². The van der Waals surface area contributed by atoms with Crippen molar-refractivity contribution in [3.63, 3.8) is 0 Å². The molecular weight excluding hydrogens is 156 g/mol. The maximum Gasteiger partial charge on any atom is 0.0829 e. The van der Waals surface area contributed by atoms with Crippen LogP contribution in [-0.4, -0.2) is 23.4 Å². The maximum atomic E-state index is 8.21. The van der Waals surface area contributed by atoms with Gasteiger partial charge >= 0.3 is 0 Å². The number of aliphatic hydroxyl groups is 2. The predicted molar refractivity (Wildman–Crippen MR) is 49.5 cm³/mol. The summed E-state index contributed by atoms with van der Waals surface area (Å²) in [5.41, 5.74) is 0. The summed E-state index contributed by atoms with van der Waals surface area (Å²) in [4.78, 5) is 0. The second kappa shape index (κ2) is 16.7. The zero-order chi connectivity index (χ0) is 9.66. The Labute approximate surface area is 74.0 Å². The largest absolute Gasteiger partial charge is 0.474 e. The van der Waals surface area contributed by atoms with E-state index < -0.39 is 0 Å². The van der Waals surface area contributed by atoms with Gasteiger partial charge in [-0.05, 0) is 19.3 Å². The third-order valence-electron chi connectivity index (χ3n) is 1.01. The molecule has 3 nitrogen and oxygen atoms in total. The summed E-state index contributed by atoms with van der Waals surface area (Å²) in [7, 11) is 0. The lowest BCUT2D eigenvalue weighted by Crippen LogP contribution is -1.85. The molecule has 0 heterocycles. The molecule has 0 aromatic heterocycles. The topological polar surface area (TPSA) is 49.7 Å². The van der Waals surface area contributed by atoms with Gasteiger partial charge in [0.25, 0.3) is 0 Å². The highest BCUT2D eigenvalue weighted by Gasteiger charge is 1.81. The average Bonchev–Trinajstić information content (AvgIpc) is 2.08. The molecule has 0 aliphatic carbocycles. The van der Waals surface area contributed by atoms with Gasteiger partial charge in [-0.2, -0.15) is 0 Å². The first-order valence-corrected chi connectivity index (χ1v) is 3.92. The summed E-state index contributed by atoms with van der Waals surface area (Å²) in [6.07, 6.45) is 5.20. The van der Waals surface area contributed by atoms with E-state index in [0.717, 1.165) is 19.3 Å². The van der Waals surface area contributed by atoms with E-state index in [2.05, 4.69) is 17.9 Å². The van der Waals surface area contributed by atoms with Crippen molar-refractivity contribution in [2.24, 2.45) is 0 Å². The highest BCUT2D eigenvalue weighted by molar-refractivity contribution is 4.57. The van der Waals surface area contributed by atoms with Gasteiger partial charge in [-0.15, -0.1) is 0 Å². The summed E-state index contributed by atoms with van der Waals surface area (Å²) in [6, 6.07) is 0. The van der Waals surface area contributed by atoms with Crippen LogP contribution >= 0.6 is 0 Å². The molecule has 0 spiro atoms. The Morgan fingerprint density at radius 1 is 0.917 bits per heavy atom. The van der Waals surface area contributed by atoms with Gasteiger partial charge in [-0.1, -0.05) is 13.2 Å². The van der Waals surface area contributed by atoms with Crippen LogP contribution < -0.4 is 0 Å². The quantitative estimate of drug-likeness (QED) is 0.473. The number of hydrogen-bond acceptors (Lipinski definition) is 3. The number of rotatable bonds is 6. The van der Waals surface area contributed by atoms with Crippen LogP contribution in [0, 0.1) is 0 Å². The van der Waals surface area contributed by atoms with Crippen molar-refractivity contribution in [3.05, 3.63) is 25.7 Å². The monoisotopic (exact) mass is 174 g/mol. The van der Waals surface area contributed by atoms with Crippen molar-refractivity contribution >= 4 is 0 Å². The van der Waals surface area contributed by atoms with E-state index >= 15 is 0 Å². The molecule has 0 radical (unpaired) electrons. The van der Waals surface area contributed by atoms with E-state index in [0.29, 0.717) is 0 Å². The fourth-order valence-electron chi connectivity index (χ4n) is 0.468. The Balaban J connectivity index is 0. The number of unbranched alkanes of at least 4 members (excludes halogenated alkanes) is 2. The third kappa shape index (κ3) is 22.9. The van der Waals surface area contributed by atoms with Crippen LogP contribution in [0.15, 0.2) is 25.7 Å². The van der Waals surface area contributed by atoms with E-state index in [1.165, 1.54) is 12.5 Å². The van der Waals surface area contributed by atoms with Crippen LogP contribution in [0.25, 0.3) is 0 Å². The first-order valence-electron chi connectivity index (χ1n) is 3.92. The van der Waals surface area contributed by atoms with E-state index in [4.69, 9.17) is 10.2 Å². The minimum atomic E-state index is 0.250. The molecule has 0 amide bonds. The zero-order valence-corrected chi connectivity index (χ0v) is 7.41. The van der Waals surface area contributed by atoms with Gasteiger partial charge < -0.3 is 14.9 Å². The van der Waals surface area contributed by atoms with Crippen LogP contribution in [-0.2, 0) is 4.74 Å². The molecule has 72 valence electrons. The Bertz CT molecular complexity index is 81.8. The van der Waals surface area contributed by atoms with Gasteiger partial charge in [0.15, 0.2) is 0 Å². The van der Waals surface area contributed by atoms with Gasteiger partial charge in [-0.3, -0.25) is 0 Å². The SMILES string of the molecule is C=COC=C.OCCCCCO. The minimum Gasteiger partial charge on any atom is -0.474 e. The summed E-state index contributed by atoms with van der Waals surface area (Å²) >= 11 is 0. The van der Waals surface area contributed by atoms with Crippen LogP contribution in [0.5, 0.6) is 0 Å².